The second-order valence-corrected chi connectivity index (χ2v) is 6.88. The molecule has 0 spiro atoms. The van der Waals surface area contributed by atoms with Gasteiger partial charge in [0.05, 0.1) is 6.67 Å². The van der Waals surface area contributed by atoms with Gasteiger partial charge in [-0.25, -0.2) is 4.98 Å². The average Bonchev–Trinajstić information content (AvgIpc) is 3.10. The second kappa shape index (κ2) is 5.61. The predicted molar refractivity (Wildman–Crippen MR) is 77.7 cm³/mol. The van der Waals surface area contributed by atoms with E-state index in [2.05, 4.69) is 39.1 Å². The zero-order valence-electron chi connectivity index (χ0n) is 11.8. The maximum Gasteiger partial charge on any atom is 0.155 e. The number of alkyl halides is 1. The van der Waals surface area contributed by atoms with Crippen LogP contribution in [0.15, 0.2) is 12.1 Å². The number of nitrogens with zero attached hydrogens (tertiary/aromatic N) is 3. The van der Waals surface area contributed by atoms with Crippen molar-refractivity contribution in [2.24, 2.45) is 5.92 Å². The molecule has 1 fully saturated rings. The van der Waals surface area contributed by atoms with E-state index in [9.17, 15) is 4.39 Å². The van der Waals surface area contributed by atoms with Crippen molar-refractivity contribution in [1.82, 2.24) is 20.1 Å². The van der Waals surface area contributed by atoms with Gasteiger partial charge in [-0.2, -0.15) is 5.10 Å². The molecule has 0 aromatic carbocycles. The summed E-state index contributed by atoms with van der Waals surface area (Å²) in [6, 6.07) is 4.30. The number of thiophene rings is 1. The first-order chi connectivity index (χ1) is 9.65. The predicted octanol–water partition coefficient (Wildman–Crippen LogP) is 2.67. The van der Waals surface area contributed by atoms with Gasteiger partial charge in [0.1, 0.15) is 5.82 Å². The minimum atomic E-state index is -0.307. The third kappa shape index (κ3) is 2.76. The zero-order chi connectivity index (χ0) is 14.1. The van der Waals surface area contributed by atoms with Crippen LogP contribution in [0, 0.1) is 19.8 Å². The SMILES string of the molecule is Cc1nc([C@@H]2CN(Cc3ccc(C)s3)C[C@H]2CF)n[nH]1. The fraction of sp³-hybridized carbons (Fsp3) is 0.571. The molecule has 0 unspecified atom stereocenters. The lowest BCUT2D eigenvalue weighted by atomic mass is 9.97. The molecule has 0 bridgehead atoms. The number of halogens is 1. The van der Waals surface area contributed by atoms with E-state index in [0.29, 0.717) is 0 Å². The summed E-state index contributed by atoms with van der Waals surface area (Å²) in [4.78, 5) is 9.35. The highest BCUT2D eigenvalue weighted by Gasteiger charge is 2.36. The van der Waals surface area contributed by atoms with E-state index in [4.69, 9.17) is 0 Å². The topological polar surface area (TPSA) is 44.8 Å². The van der Waals surface area contributed by atoms with Crippen molar-refractivity contribution in [2.75, 3.05) is 19.8 Å². The van der Waals surface area contributed by atoms with Crippen LogP contribution < -0.4 is 0 Å². The zero-order valence-corrected chi connectivity index (χ0v) is 12.6. The number of hydrogen-bond acceptors (Lipinski definition) is 4. The minimum Gasteiger partial charge on any atom is -0.297 e. The lowest BCUT2D eigenvalue weighted by Crippen LogP contribution is -2.20. The molecule has 6 heteroatoms. The molecule has 1 N–H and O–H groups in total. The van der Waals surface area contributed by atoms with Crippen LogP contribution in [0.5, 0.6) is 0 Å². The number of aromatic nitrogens is 3. The number of hydrogen-bond donors (Lipinski definition) is 1. The summed E-state index contributed by atoms with van der Waals surface area (Å²) in [7, 11) is 0. The number of aromatic amines is 1. The molecule has 1 saturated heterocycles. The third-order valence-electron chi connectivity index (χ3n) is 3.84. The number of aryl methyl sites for hydroxylation is 2. The molecule has 0 saturated carbocycles. The molecule has 0 aliphatic carbocycles. The van der Waals surface area contributed by atoms with Gasteiger partial charge in [-0.15, -0.1) is 11.3 Å². The first kappa shape index (κ1) is 13.7. The number of rotatable bonds is 4. The maximum atomic E-state index is 13.3. The van der Waals surface area contributed by atoms with Crippen molar-refractivity contribution in [2.45, 2.75) is 26.3 Å². The Bertz CT molecular complexity index is 579. The molecular weight excluding hydrogens is 275 g/mol. The van der Waals surface area contributed by atoms with Gasteiger partial charge >= 0.3 is 0 Å². The molecule has 108 valence electrons. The smallest absolute Gasteiger partial charge is 0.155 e. The maximum absolute atomic E-state index is 13.3. The van der Waals surface area contributed by atoms with Crippen molar-refractivity contribution in [1.29, 1.82) is 0 Å². The first-order valence-corrected chi connectivity index (χ1v) is 7.70. The highest BCUT2D eigenvalue weighted by molar-refractivity contribution is 7.11. The summed E-state index contributed by atoms with van der Waals surface area (Å²) >= 11 is 1.81. The fourth-order valence-corrected chi connectivity index (χ4v) is 3.79. The van der Waals surface area contributed by atoms with Crippen molar-refractivity contribution in [3.05, 3.63) is 33.5 Å². The molecule has 0 amide bonds. The molecule has 3 heterocycles. The van der Waals surface area contributed by atoms with Crippen molar-refractivity contribution < 1.29 is 4.39 Å². The molecule has 2 atom stereocenters. The number of H-pyrrole nitrogens is 1. The van der Waals surface area contributed by atoms with Gasteiger partial charge in [-0.3, -0.25) is 14.4 Å². The van der Waals surface area contributed by atoms with Crippen LogP contribution in [-0.4, -0.2) is 39.8 Å². The second-order valence-electron chi connectivity index (χ2n) is 5.51. The summed E-state index contributed by atoms with van der Waals surface area (Å²) in [6.45, 7) is 6.20. The van der Waals surface area contributed by atoms with Gasteiger partial charge in [-0.05, 0) is 26.0 Å². The van der Waals surface area contributed by atoms with Crippen LogP contribution >= 0.6 is 11.3 Å². The quantitative estimate of drug-likeness (QED) is 0.943. The molecule has 4 nitrogen and oxygen atoms in total. The Hall–Kier alpha value is -1.27. The Balaban J connectivity index is 1.71. The van der Waals surface area contributed by atoms with E-state index < -0.39 is 0 Å². The molecule has 2 aromatic rings. The molecular formula is C14H19FN4S. The lowest BCUT2D eigenvalue weighted by molar-refractivity contribution is 0.297. The average molecular weight is 294 g/mol. The molecule has 3 rings (SSSR count). The van der Waals surface area contributed by atoms with E-state index in [1.807, 2.05) is 18.3 Å². The van der Waals surface area contributed by atoms with E-state index in [0.717, 1.165) is 31.3 Å². The van der Waals surface area contributed by atoms with Crippen LogP contribution in [0.1, 0.15) is 27.3 Å². The summed E-state index contributed by atoms with van der Waals surface area (Å²) in [5.41, 5.74) is 0. The molecule has 1 aliphatic rings. The van der Waals surface area contributed by atoms with Crippen LogP contribution in [-0.2, 0) is 6.54 Å². The first-order valence-electron chi connectivity index (χ1n) is 6.88. The van der Waals surface area contributed by atoms with Crippen LogP contribution in [0.4, 0.5) is 4.39 Å². The largest absolute Gasteiger partial charge is 0.297 e. The van der Waals surface area contributed by atoms with Gasteiger partial charge in [-0.1, -0.05) is 0 Å². The van der Waals surface area contributed by atoms with Crippen LogP contribution in [0.25, 0.3) is 0 Å². The van der Waals surface area contributed by atoms with Crippen molar-refractivity contribution in [3.63, 3.8) is 0 Å². The summed E-state index contributed by atoms with van der Waals surface area (Å²) in [5.74, 6) is 1.66. The molecule has 2 aromatic heterocycles. The monoisotopic (exact) mass is 294 g/mol. The van der Waals surface area contributed by atoms with Crippen LogP contribution in [0.2, 0.25) is 0 Å². The molecule has 0 radical (unpaired) electrons. The Morgan fingerprint density at radius 2 is 2.25 bits per heavy atom. The van der Waals surface area contributed by atoms with Gasteiger partial charge in [0.25, 0.3) is 0 Å². The fourth-order valence-electron chi connectivity index (χ4n) is 2.85. The van der Waals surface area contributed by atoms with E-state index in [1.165, 1.54) is 9.75 Å². The van der Waals surface area contributed by atoms with Gasteiger partial charge < -0.3 is 0 Å². The van der Waals surface area contributed by atoms with E-state index in [1.54, 1.807) is 0 Å². The van der Waals surface area contributed by atoms with Crippen LogP contribution in [0.3, 0.4) is 0 Å². The van der Waals surface area contributed by atoms with Gasteiger partial charge in [0, 0.05) is 41.2 Å². The number of likely N-dealkylation sites (tertiary alicyclic amines) is 1. The summed E-state index contributed by atoms with van der Waals surface area (Å²) < 4.78 is 13.3. The summed E-state index contributed by atoms with van der Waals surface area (Å²) in [5, 5.41) is 7.07. The normalized spacial score (nSPS) is 23.6. The van der Waals surface area contributed by atoms with E-state index >= 15 is 0 Å². The third-order valence-corrected chi connectivity index (χ3v) is 4.82. The molecule has 20 heavy (non-hydrogen) atoms. The number of nitrogens with one attached hydrogen (secondary N) is 1. The Kier molecular flexibility index (Phi) is 3.85. The standard InChI is InChI=1S/C14H19FN4S/c1-9-3-4-12(20-9)7-19-6-11(5-15)13(8-19)14-16-10(2)17-18-14/h3-4,11,13H,5-8H2,1-2H3,(H,16,17,18)/t11-,13-/m1/s1. The van der Waals surface area contributed by atoms with Gasteiger partial charge in [0.2, 0.25) is 0 Å². The Morgan fingerprint density at radius 1 is 1.40 bits per heavy atom. The van der Waals surface area contributed by atoms with E-state index in [-0.39, 0.29) is 18.5 Å². The lowest BCUT2D eigenvalue weighted by Gasteiger charge is -2.13. The van der Waals surface area contributed by atoms with Gasteiger partial charge in [0.15, 0.2) is 5.82 Å². The van der Waals surface area contributed by atoms with Crippen molar-refractivity contribution >= 4 is 11.3 Å². The highest BCUT2D eigenvalue weighted by atomic mass is 32.1. The molecule has 1 aliphatic heterocycles. The Morgan fingerprint density at radius 3 is 2.85 bits per heavy atom. The minimum absolute atomic E-state index is 0.00580. The summed E-state index contributed by atoms with van der Waals surface area (Å²) in [6.07, 6.45) is 0. The Labute approximate surface area is 122 Å². The highest BCUT2D eigenvalue weighted by Crippen LogP contribution is 2.32. The van der Waals surface area contributed by atoms with Crippen molar-refractivity contribution in [3.8, 4) is 0 Å².